The molecule has 0 atom stereocenters. The van der Waals surface area contributed by atoms with Crippen LogP contribution in [0.2, 0.25) is 5.02 Å². The first kappa shape index (κ1) is 19.0. The van der Waals surface area contributed by atoms with E-state index >= 15 is 0 Å². The van der Waals surface area contributed by atoms with Crippen molar-refractivity contribution in [2.24, 2.45) is 14.1 Å². The van der Waals surface area contributed by atoms with Crippen LogP contribution in [-0.4, -0.2) is 29.7 Å². The first-order valence-electron chi connectivity index (χ1n) is 10.1. The summed E-state index contributed by atoms with van der Waals surface area (Å²) in [5, 5.41) is 4.92. The Morgan fingerprint density at radius 1 is 1.20 bits per heavy atom. The Morgan fingerprint density at radius 2 is 1.97 bits per heavy atom. The molecular weight excluding hydrogens is 404 g/mol. The van der Waals surface area contributed by atoms with E-state index in [1.54, 1.807) is 11.6 Å². The van der Waals surface area contributed by atoms with Crippen molar-refractivity contribution in [1.29, 1.82) is 0 Å². The highest BCUT2D eigenvalue weighted by Crippen LogP contribution is 2.25. The van der Waals surface area contributed by atoms with Gasteiger partial charge < -0.3 is 14.9 Å². The minimum absolute atomic E-state index is 0.128. The second-order valence-corrected chi connectivity index (χ2v) is 8.43. The molecule has 1 fully saturated rings. The topological polar surface area (TPSA) is 89.6 Å². The van der Waals surface area contributed by atoms with Gasteiger partial charge in [-0.25, -0.2) is 4.79 Å². The van der Waals surface area contributed by atoms with E-state index in [-0.39, 0.29) is 12.1 Å². The van der Waals surface area contributed by atoms with Crippen molar-refractivity contribution in [1.82, 2.24) is 23.7 Å². The average molecular weight is 427 g/mol. The van der Waals surface area contributed by atoms with Crippen molar-refractivity contribution in [2.45, 2.75) is 38.3 Å². The molecule has 0 saturated heterocycles. The number of imidazole rings is 1. The third-order valence-corrected chi connectivity index (χ3v) is 6.37. The number of fused-ring (bicyclic) bond motifs is 2. The molecule has 1 saturated carbocycles. The Kier molecular flexibility index (Phi) is 4.47. The molecule has 1 aliphatic carbocycles. The summed E-state index contributed by atoms with van der Waals surface area (Å²) in [4.78, 5) is 34.1. The maximum absolute atomic E-state index is 13.3. The van der Waals surface area contributed by atoms with Gasteiger partial charge in [-0.1, -0.05) is 30.5 Å². The Bertz CT molecular complexity index is 1390. The second-order valence-electron chi connectivity index (χ2n) is 8.02. The molecule has 156 valence electrons. The monoisotopic (exact) mass is 426 g/mol. The molecule has 5 rings (SSSR count). The molecule has 1 aromatic carbocycles. The highest BCUT2D eigenvalue weighted by Gasteiger charge is 2.22. The molecule has 2 N–H and O–H groups in total. The van der Waals surface area contributed by atoms with Crippen molar-refractivity contribution < 1.29 is 0 Å². The lowest BCUT2D eigenvalue weighted by Gasteiger charge is -2.12. The van der Waals surface area contributed by atoms with Gasteiger partial charge in [-0.3, -0.25) is 13.9 Å². The van der Waals surface area contributed by atoms with Crippen LogP contribution >= 0.6 is 11.6 Å². The molecule has 8 nitrogen and oxygen atoms in total. The molecule has 3 aromatic heterocycles. The molecule has 1 aliphatic rings. The van der Waals surface area contributed by atoms with E-state index in [4.69, 9.17) is 11.6 Å². The zero-order valence-corrected chi connectivity index (χ0v) is 17.7. The van der Waals surface area contributed by atoms with Gasteiger partial charge in [-0.05, 0) is 31.0 Å². The van der Waals surface area contributed by atoms with Crippen LogP contribution in [0.1, 0.15) is 31.4 Å². The quantitative estimate of drug-likeness (QED) is 0.525. The van der Waals surface area contributed by atoms with E-state index < -0.39 is 5.69 Å². The van der Waals surface area contributed by atoms with E-state index in [0.717, 1.165) is 29.4 Å². The van der Waals surface area contributed by atoms with Crippen LogP contribution in [0.5, 0.6) is 0 Å². The highest BCUT2D eigenvalue weighted by molar-refractivity contribution is 6.35. The number of aromatic nitrogens is 5. The van der Waals surface area contributed by atoms with Gasteiger partial charge in [0, 0.05) is 41.8 Å². The lowest BCUT2D eigenvalue weighted by molar-refractivity contribution is 0.648. The summed E-state index contributed by atoms with van der Waals surface area (Å²) in [5.74, 6) is 0.624. The van der Waals surface area contributed by atoms with Gasteiger partial charge >= 0.3 is 5.69 Å². The van der Waals surface area contributed by atoms with Crippen LogP contribution < -0.4 is 16.6 Å². The summed E-state index contributed by atoms with van der Waals surface area (Å²) in [5.41, 5.74) is 1.65. The fraction of sp³-hybridized carbons (Fsp3) is 0.381. The number of hydrogen-bond donors (Lipinski definition) is 2. The maximum atomic E-state index is 13.3. The largest absolute Gasteiger partial charge is 0.357 e. The van der Waals surface area contributed by atoms with Gasteiger partial charge in [0.1, 0.15) is 0 Å². The zero-order chi connectivity index (χ0) is 21.0. The van der Waals surface area contributed by atoms with E-state index in [9.17, 15) is 9.59 Å². The standard InChI is InChI=1S/C21H23ClN6O2/c1-26-17-18(25-20(26)24-12-6-3-4-7-12)27(2)21(30)28(19(17)29)11-13-10-14-15(22)8-5-9-16(14)23-13/h5,8-10,12,23H,3-4,6-7,11H2,1-2H3,(H,24,25). The highest BCUT2D eigenvalue weighted by atomic mass is 35.5. The van der Waals surface area contributed by atoms with Crippen LogP contribution in [0.25, 0.3) is 22.1 Å². The summed E-state index contributed by atoms with van der Waals surface area (Å²) in [6, 6.07) is 7.82. The number of aromatic amines is 1. The second kappa shape index (κ2) is 7.05. The molecule has 0 amide bonds. The number of benzene rings is 1. The Balaban J connectivity index is 1.61. The molecule has 9 heteroatoms. The number of aryl methyl sites for hydroxylation is 2. The first-order valence-corrected chi connectivity index (χ1v) is 10.5. The van der Waals surface area contributed by atoms with Crippen LogP contribution in [-0.2, 0) is 20.6 Å². The van der Waals surface area contributed by atoms with Crippen LogP contribution in [0.4, 0.5) is 5.95 Å². The van der Waals surface area contributed by atoms with Crippen molar-refractivity contribution in [3.63, 3.8) is 0 Å². The summed E-state index contributed by atoms with van der Waals surface area (Å²) in [7, 11) is 3.46. The van der Waals surface area contributed by atoms with E-state index in [0.29, 0.717) is 28.2 Å². The summed E-state index contributed by atoms with van der Waals surface area (Å²) >= 11 is 6.26. The summed E-state index contributed by atoms with van der Waals surface area (Å²) < 4.78 is 4.43. The normalized spacial score (nSPS) is 14.9. The van der Waals surface area contributed by atoms with Crippen molar-refractivity contribution in [3.8, 4) is 0 Å². The Labute approximate surface area is 177 Å². The molecule has 0 unspecified atom stereocenters. The molecule has 0 spiro atoms. The molecule has 0 radical (unpaired) electrons. The van der Waals surface area contributed by atoms with E-state index in [1.165, 1.54) is 22.0 Å². The average Bonchev–Trinajstić information content (AvgIpc) is 3.44. The third-order valence-electron chi connectivity index (χ3n) is 6.04. The van der Waals surface area contributed by atoms with E-state index in [2.05, 4.69) is 15.3 Å². The predicted molar refractivity (Wildman–Crippen MR) is 119 cm³/mol. The fourth-order valence-electron chi connectivity index (χ4n) is 4.40. The number of nitrogens with one attached hydrogen (secondary N) is 2. The number of rotatable bonds is 4. The van der Waals surface area contributed by atoms with E-state index in [1.807, 2.05) is 31.3 Å². The molecule has 0 bridgehead atoms. The Morgan fingerprint density at radius 3 is 2.70 bits per heavy atom. The van der Waals surface area contributed by atoms with Gasteiger partial charge in [0.2, 0.25) is 5.95 Å². The minimum Gasteiger partial charge on any atom is -0.357 e. The molecule has 30 heavy (non-hydrogen) atoms. The smallest absolute Gasteiger partial charge is 0.332 e. The molecule has 0 aliphatic heterocycles. The van der Waals surface area contributed by atoms with Gasteiger partial charge in [-0.15, -0.1) is 0 Å². The third kappa shape index (κ3) is 2.94. The number of anilines is 1. The summed E-state index contributed by atoms with van der Waals surface area (Å²) in [6.07, 6.45) is 4.58. The maximum Gasteiger partial charge on any atom is 0.332 e. The van der Waals surface area contributed by atoms with Gasteiger partial charge in [0.25, 0.3) is 5.56 Å². The predicted octanol–water partition coefficient (Wildman–Crippen LogP) is 2.97. The molecular formula is C21H23ClN6O2. The van der Waals surface area contributed by atoms with Crippen LogP contribution in [0.3, 0.4) is 0 Å². The Hall–Kier alpha value is -3.00. The number of H-pyrrole nitrogens is 1. The fourth-order valence-corrected chi connectivity index (χ4v) is 4.63. The van der Waals surface area contributed by atoms with Crippen LogP contribution in [0.15, 0.2) is 33.9 Å². The first-order chi connectivity index (χ1) is 14.4. The van der Waals surface area contributed by atoms with Crippen molar-refractivity contribution >= 4 is 39.6 Å². The van der Waals surface area contributed by atoms with Gasteiger partial charge in [0.05, 0.1) is 6.54 Å². The van der Waals surface area contributed by atoms with Gasteiger partial charge in [-0.2, -0.15) is 4.98 Å². The SMILES string of the molecule is Cn1c(NC2CCCC2)nc2c1c(=O)n(Cc1cc3c(Cl)cccc3[nH]1)c(=O)n2C. The lowest BCUT2D eigenvalue weighted by atomic mass is 10.2. The minimum atomic E-state index is -0.400. The number of halogens is 1. The summed E-state index contributed by atoms with van der Waals surface area (Å²) in [6.45, 7) is 0.128. The molecule has 3 heterocycles. The van der Waals surface area contributed by atoms with Crippen molar-refractivity contribution in [2.75, 3.05) is 5.32 Å². The molecule has 4 aromatic rings. The van der Waals surface area contributed by atoms with Crippen LogP contribution in [0, 0.1) is 0 Å². The van der Waals surface area contributed by atoms with Gasteiger partial charge in [0.15, 0.2) is 11.2 Å². The zero-order valence-electron chi connectivity index (χ0n) is 16.9. The number of hydrogen-bond acceptors (Lipinski definition) is 4. The van der Waals surface area contributed by atoms with Crippen molar-refractivity contribution in [3.05, 3.63) is 55.8 Å². The number of nitrogens with zero attached hydrogens (tertiary/aromatic N) is 4. The lowest BCUT2D eigenvalue weighted by Crippen LogP contribution is -2.39.